The largest absolute Gasteiger partial charge is 1.00 e. The minimum Gasteiger partial charge on any atom is -1.00 e. The van der Waals surface area contributed by atoms with Gasteiger partial charge >= 0.3 is 0 Å². The smallest absolute Gasteiger partial charge is 0.161 e. The Balaban J connectivity index is 0.00000243. The average molecular weight is 373 g/mol. The van der Waals surface area contributed by atoms with Gasteiger partial charge in [0, 0.05) is 13.0 Å². The van der Waals surface area contributed by atoms with Crippen LogP contribution in [-0.4, -0.2) is 13.7 Å². The molecule has 0 spiro atoms. The topological polar surface area (TPSA) is 43.6 Å². The highest BCUT2D eigenvalue weighted by atomic mass is 35.5. The summed E-state index contributed by atoms with van der Waals surface area (Å²) in [7, 11) is 1.67. The maximum atomic E-state index is 5.89. The molecule has 3 aromatic rings. The van der Waals surface area contributed by atoms with Crippen molar-refractivity contribution in [1.29, 1.82) is 0 Å². The van der Waals surface area contributed by atoms with Gasteiger partial charge in [-0.3, -0.25) is 0 Å². The summed E-state index contributed by atoms with van der Waals surface area (Å²) in [6.07, 6.45) is 2.55. The Morgan fingerprint density at radius 3 is 2.46 bits per heavy atom. The molecule has 138 valence electrons. The van der Waals surface area contributed by atoms with Crippen LogP contribution in [0, 0.1) is 0 Å². The van der Waals surface area contributed by atoms with E-state index in [9.17, 15) is 0 Å². The summed E-state index contributed by atoms with van der Waals surface area (Å²) < 4.78 is 16.7. The van der Waals surface area contributed by atoms with Crippen molar-refractivity contribution in [3.63, 3.8) is 0 Å². The normalized spacial score (nSPS) is 10.2. The second-order valence-electron chi connectivity index (χ2n) is 5.75. The van der Waals surface area contributed by atoms with Gasteiger partial charge in [-0.1, -0.05) is 36.4 Å². The first-order valence-corrected chi connectivity index (χ1v) is 8.42. The molecular formula is C21H23ClNO3-. The highest BCUT2D eigenvalue weighted by Crippen LogP contribution is 2.28. The van der Waals surface area contributed by atoms with E-state index < -0.39 is 0 Å². The molecule has 26 heavy (non-hydrogen) atoms. The van der Waals surface area contributed by atoms with Gasteiger partial charge in [0.1, 0.15) is 5.76 Å². The molecule has 1 heterocycles. The highest BCUT2D eigenvalue weighted by molar-refractivity contribution is 5.43. The number of benzene rings is 2. The summed E-state index contributed by atoms with van der Waals surface area (Å²) in [5.41, 5.74) is 2.40. The molecule has 0 bridgehead atoms. The lowest BCUT2D eigenvalue weighted by Gasteiger charge is -2.12. The van der Waals surface area contributed by atoms with Gasteiger partial charge in [0.15, 0.2) is 11.5 Å². The first kappa shape index (κ1) is 19.9. The Morgan fingerprint density at radius 1 is 0.885 bits per heavy atom. The average Bonchev–Trinajstić information content (AvgIpc) is 3.17. The molecule has 0 aliphatic rings. The van der Waals surface area contributed by atoms with E-state index in [1.165, 1.54) is 5.56 Å². The molecule has 0 radical (unpaired) electrons. The zero-order valence-electron chi connectivity index (χ0n) is 14.8. The van der Waals surface area contributed by atoms with Gasteiger partial charge in [-0.2, -0.15) is 0 Å². The van der Waals surface area contributed by atoms with Gasteiger partial charge in [-0.25, -0.2) is 0 Å². The third-order valence-corrected chi connectivity index (χ3v) is 3.93. The monoisotopic (exact) mass is 372 g/mol. The summed E-state index contributed by atoms with van der Waals surface area (Å²) >= 11 is 0. The number of methoxy groups -OCH3 is 1. The standard InChI is InChI=1S/C21H23NO3.ClH/c1-23-21-14-18(15-22-16-19-8-5-12-24-19)9-10-20(21)25-13-11-17-6-3-2-4-7-17;/h2-10,12,14,22H,11,13,15-16H2,1H3;1H/p-1. The number of hydrogen-bond donors (Lipinski definition) is 1. The minimum atomic E-state index is 0. The van der Waals surface area contributed by atoms with Crippen molar-refractivity contribution in [3.8, 4) is 11.5 Å². The number of hydrogen-bond acceptors (Lipinski definition) is 4. The van der Waals surface area contributed by atoms with Crippen LogP contribution in [0.1, 0.15) is 16.9 Å². The van der Waals surface area contributed by atoms with Crippen molar-refractivity contribution in [2.24, 2.45) is 0 Å². The van der Waals surface area contributed by atoms with Crippen LogP contribution in [-0.2, 0) is 19.5 Å². The van der Waals surface area contributed by atoms with Crippen LogP contribution in [0.5, 0.6) is 11.5 Å². The second kappa shape index (κ2) is 10.5. The van der Waals surface area contributed by atoms with Gasteiger partial charge in [0.05, 0.1) is 26.5 Å². The number of furan rings is 1. The fourth-order valence-electron chi connectivity index (χ4n) is 2.61. The quantitative estimate of drug-likeness (QED) is 0.613. The van der Waals surface area contributed by atoms with Crippen molar-refractivity contribution in [3.05, 3.63) is 83.8 Å². The van der Waals surface area contributed by atoms with Gasteiger partial charge < -0.3 is 31.6 Å². The molecule has 0 saturated carbocycles. The maximum Gasteiger partial charge on any atom is 0.161 e. The van der Waals surface area contributed by atoms with Crippen LogP contribution in [0.3, 0.4) is 0 Å². The molecule has 4 nitrogen and oxygen atoms in total. The van der Waals surface area contributed by atoms with Gasteiger partial charge in [0.25, 0.3) is 0 Å². The molecule has 0 saturated heterocycles. The summed E-state index contributed by atoms with van der Waals surface area (Å²) in [6.45, 7) is 2.06. The Morgan fingerprint density at radius 2 is 1.73 bits per heavy atom. The number of ether oxygens (including phenoxy) is 2. The molecule has 0 atom stereocenters. The Hall–Kier alpha value is -2.43. The molecule has 0 aliphatic heterocycles. The number of rotatable bonds is 9. The zero-order valence-corrected chi connectivity index (χ0v) is 15.5. The summed E-state index contributed by atoms with van der Waals surface area (Å²) in [5, 5.41) is 3.35. The van der Waals surface area contributed by atoms with E-state index in [1.807, 2.05) is 42.5 Å². The first-order valence-electron chi connectivity index (χ1n) is 8.42. The van der Waals surface area contributed by atoms with Crippen LogP contribution in [0.25, 0.3) is 0 Å². The van der Waals surface area contributed by atoms with Crippen molar-refractivity contribution < 1.29 is 26.3 Å². The molecule has 5 heteroatoms. The van der Waals surface area contributed by atoms with E-state index in [1.54, 1.807) is 13.4 Å². The van der Waals surface area contributed by atoms with E-state index >= 15 is 0 Å². The summed E-state index contributed by atoms with van der Waals surface area (Å²) in [5.74, 6) is 2.45. The lowest BCUT2D eigenvalue weighted by molar-refractivity contribution is -0.00000629. The first-order chi connectivity index (χ1) is 12.3. The number of nitrogens with one attached hydrogen (secondary N) is 1. The fraction of sp³-hybridized carbons (Fsp3) is 0.238. The highest BCUT2D eigenvalue weighted by Gasteiger charge is 2.06. The summed E-state index contributed by atoms with van der Waals surface area (Å²) in [4.78, 5) is 0. The SMILES string of the molecule is COc1cc(CNCc2ccco2)ccc1OCCc1ccccc1.[Cl-]. The van der Waals surface area contributed by atoms with Crippen molar-refractivity contribution in [1.82, 2.24) is 5.32 Å². The molecule has 0 amide bonds. The van der Waals surface area contributed by atoms with Crippen LogP contribution in [0.4, 0.5) is 0 Å². The van der Waals surface area contributed by atoms with Gasteiger partial charge in [-0.15, -0.1) is 0 Å². The van der Waals surface area contributed by atoms with Crippen LogP contribution in [0.2, 0.25) is 0 Å². The molecule has 2 aromatic carbocycles. The molecule has 0 fully saturated rings. The van der Waals surface area contributed by atoms with Crippen molar-refractivity contribution in [2.75, 3.05) is 13.7 Å². The lowest BCUT2D eigenvalue weighted by atomic mass is 10.1. The molecule has 1 N–H and O–H groups in total. The van der Waals surface area contributed by atoms with E-state index in [0.29, 0.717) is 13.2 Å². The Bertz CT molecular complexity index is 760. The predicted octanol–water partition coefficient (Wildman–Crippen LogP) is 1.20. The third-order valence-electron chi connectivity index (χ3n) is 3.93. The van der Waals surface area contributed by atoms with E-state index in [4.69, 9.17) is 13.9 Å². The van der Waals surface area contributed by atoms with Gasteiger partial charge in [0.2, 0.25) is 0 Å². The maximum absolute atomic E-state index is 5.89. The van der Waals surface area contributed by atoms with Crippen LogP contribution < -0.4 is 27.2 Å². The van der Waals surface area contributed by atoms with Crippen molar-refractivity contribution >= 4 is 0 Å². The summed E-state index contributed by atoms with van der Waals surface area (Å²) in [6, 6.07) is 20.2. The molecule has 1 aromatic heterocycles. The Kier molecular flexibility index (Phi) is 8.06. The Labute approximate surface area is 160 Å². The number of halogens is 1. The van der Waals surface area contributed by atoms with E-state index in [0.717, 1.165) is 35.8 Å². The van der Waals surface area contributed by atoms with Crippen LogP contribution in [0.15, 0.2) is 71.3 Å². The van der Waals surface area contributed by atoms with E-state index in [2.05, 4.69) is 23.5 Å². The van der Waals surface area contributed by atoms with E-state index in [-0.39, 0.29) is 12.4 Å². The molecular weight excluding hydrogens is 350 g/mol. The van der Waals surface area contributed by atoms with Crippen molar-refractivity contribution in [2.45, 2.75) is 19.5 Å². The minimum absolute atomic E-state index is 0. The fourth-order valence-corrected chi connectivity index (χ4v) is 2.61. The predicted molar refractivity (Wildman–Crippen MR) is 97.9 cm³/mol. The molecule has 0 unspecified atom stereocenters. The lowest BCUT2D eigenvalue weighted by Crippen LogP contribution is -3.00. The molecule has 3 rings (SSSR count). The second-order valence-corrected chi connectivity index (χ2v) is 5.75. The zero-order chi connectivity index (χ0) is 17.3. The van der Waals surface area contributed by atoms with Crippen LogP contribution >= 0.6 is 0 Å². The van der Waals surface area contributed by atoms with Gasteiger partial charge in [-0.05, 0) is 35.4 Å². The molecule has 0 aliphatic carbocycles. The third kappa shape index (κ3) is 5.83.